The highest BCUT2D eigenvalue weighted by molar-refractivity contribution is 5.95. The Labute approximate surface area is 145 Å². The molecular formula is C19H18O6. The second-order valence-corrected chi connectivity index (χ2v) is 5.40. The molecule has 0 bridgehead atoms. The number of carboxylic acids is 1. The molecule has 2 aromatic carbocycles. The standard InChI is InChI=1S/C19H18O6/c1-12(20)24-16-11-10-15(9-8-14-6-4-3-5-7-14)17(19(22)23)18(16)25-13(2)21/h3-7,10-11H,8-9H2,1-2H3,(H,22,23). The first-order valence-electron chi connectivity index (χ1n) is 7.68. The molecule has 0 amide bonds. The lowest BCUT2D eigenvalue weighted by atomic mass is 9.98. The third kappa shape index (κ3) is 4.91. The summed E-state index contributed by atoms with van der Waals surface area (Å²) < 4.78 is 10.0. The molecule has 0 radical (unpaired) electrons. The number of carbonyl (C=O) groups is 3. The average Bonchev–Trinajstić information content (AvgIpc) is 2.54. The average molecular weight is 342 g/mol. The SMILES string of the molecule is CC(=O)Oc1ccc(CCc2ccccc2)c(C(=O)O)c1OC(C)=O. The van der Waals surface area contributed by atoms with E-state index in [1.54, 1.807) is 6.07 Å². The van der Waals surface area contributed by atoms with E-state index in [1.807, 2.05) is 30.3 Å². The summed E-state index contributed by atoms with van der Waals surface area (Å²) in [5.74, 6) is -2.93. The number of rotatable bonds is 6. The molecule has 1 N–H and O–H groups in total. The molecule has 6 heteroatoms. The molecule has 0 unspecified atom stereocenters. The summed E-state index contributed by atoms with van der Waals surface area (Å²) in [6.45, 7) is 2.33. The van der Waals surface area contributed by atoms with Crippen LogP contribution in [0.3, 0.4) is 0 Å². The first kappa shape index (κ1) is 18.2. The van der Waals surface area contributed by atoms with Gasteiger partial charge < -0.3 is 14.6 Å². The molecular weight excluding hydrogens is 324 g/mol. The van der Waals surface area contributed by atoms with Crippen molar-refractivity contribution in [3.8, 4) is 11.5 Å². The Balaban J connectivity index is 2.43. The van der Waals surface area contributed by atoms with E-state index >= 15 is 0 Å². The minimum Gasteiger partial charge on any atom is -0.478 e. The number of carboxylic acid groups (broad SMARTS) is 1. The number of hydrogen-bond acceptors (Lipinski definition) is 5. The summed E-state index contributed by atoms with van der Waals surface area (Å²) >= 11 is 0. The lowest BCUT2D eigenvalue weighted by Gasteiger charge is -2.15. The van der Waals surface area contributed by atoms with Gasteiger partial charge in [-0.15, -0.1) is 0 Å². The predicted octanol–water partition coefficient (Wildman–Crippen LogP) is 3.02. The van der Waals surface area contributed by atoms with E-state index in [-0.39, 0.29) is 17.1 Å². The highest BCUT2D eigenvalue weighted by Crippen LogP contribution is 2.35. The van der Waals surface area contributed by atoms with Crippen molar-refractivity contribution < 1.29 is 29.0 Å². The van der Waals surface area contributed by atoms with Gasteiger partial charge in [-0.2, -0.15) is 0 Å². The van der Waals surface area contributed by atoms with Gasteiger partial charge in [0.05, 0.1) is 0 Å². The largest absolute Gasteiger partial charge is 0.478 e. The summed E-state index contributed by atoms with van der Waals surface area (Å²) in [7, 11) is 0. The number of esters is 2. The van der Waals surface area contributed by atoms with Crippen molar-refractivity contribution >= 4 is 17.9 Å². The van der Waals surface area contributed by atoms with Gasteiger partial charge >= 0.3 is 17.9 Å². The third-order valence-electron chi connectivity index (χ3n) is 3.45. The lowest BCUT2D eigenvalue weighted by molar-refractivity contribution is -0.134. The Morgan fingerprint density at radius 1 is 0.880 bits per heavy atom. The maximum Gasteiger partial charge on any atom is 0.339 e. The third-order valence-corrected chi connectivity index (χ3v) is 3.45. The second-order valence-electron chi connectivity index (χ2n) is 5.40. The van der Waals surface area contributed by atoms with Crippen LogP contribution in [0.25, 0.3) is 0 Å². The number of aryl methyl sites for hydroxylation is 2. The summed E-state index contributed by atoms with van der Waals surface area (Å²) in [5.41, 5.74) is 1.37. The maximum atomic E-state index is 11.7. The van der Waals surface area contributed by atoms with Gasteiger partial charge in [-0.3, -0.25) is 9.59 Å². The van der Waals surface area contributed by atoms with Crippen LogP contribution < -0.4 is 9.47 Å². The molecule has 0 fully saturated rings. The fourth-order valence-corrected chi connectivity index (χ4v) is 2.45. The Morgan fingerprint density at radius 3 is 2.08 bits per heavy atom. The van der Waals surface area contributed by atoms with Crippen LogP contribution >= 0.6 is 0 Å². The van der Waals surface area contributed by atoms with Crippen molar-refractivity contribution in [1.29, 1.82) is 0 Å². The van der Waals surface area contributed by atoms with Gasteiger partial charge in [-0.05, 0) is 30.0 Å². The first-order valence-corrected chi connectivity index (χ1v) is 7.68. The van der Waals surface area contributed by atoms with Crippen LogP contribution in [0.15, 0.2) is 42.5 Å². The second kappa shape index (κ2) is 8.10. The number of benzene rings is 2. The Hall–Kier alpha value is -3.15. The zero-order valence-corrected chi connectivity index (χ0v) is 13.9. The molecule has 2 aromatic rings. The quantitative estimate of drug-likeness (QED) is 0.641. The molecule has 0 aliphatic rings. The van der Waals surface area contributed by atoms with Gasteiger partial charge in [0.1, 0.15) is 5.56 Å². The van der Waals surface area contributed by atoms with Gasteiger partial charge in [-0.1, -0.05) is 36.4 Å². The number of ether oxygens (including phenoxy) is 2. The molecule has 25 heavy (non-hydrogen) atoms. The minimum atomic E-state index is -1.26. The van der Waals surface area contributed by atoms with Gasteiger partial charge in [0.25, 0.3) is 0 Å². The van der Waals surface area contributed by atoms with Crippen molar-refractivity contribution in [2.45, 2.75) is 26.7 Å². The van der Waals surface area contributed by atoms with Gasteiger partial charge in [0.2, 0.25) is 0 Å². The Kier molecular flexibility index (Phi) is 5.89. The summed E-state index contributed by atoms with van der Waals surface area (Å²) in [6, 6.07) is 12.6. The molecule has 130 valence electrons. The monoisotopic (exact) mass is 342 g/mol. The van der Waals surface area contributed by atoms with Gasteiger partial charge in [-0.25, -0.2) is 4.79 Å². The first-order chi connectivity index (χ1) is 11.9. The van der Waals surface area contributed by atoms with Crippen LogP contribution in [0.1, 0.15) is 35.3 Å². The molecule has 0 saturated heterocycles. The van der Waals surface area contributed by atoms with Crippen LogP contribution in [0.5, 0.6) is 11.5 Å². The molecule has 0 aromatic heterocycles. The van der Waals surface area contributed by atoms with E-state index < -0.39 is 17.9 Å². The van der Waals surface area contributed by atoms with Crippen LogP contribution in [0, 0.1) is 0 Å². The van der Waals surface area contributed by atoms with Crippen LogP contribution in [0.2, 0.25) is 0 Å². The smallest absolute Gasteiger partial charge is 0.339 e. The van der Waals surface area contributed by atoms with E-state index in [0.717, 1.165) is 12.5 Å². The fourth-order valence-electron chi connectivity index (χ4n) is 2.45. The molecule has 0 aliphatic heterocycles. The summed E-state index contributed by atoms with van der Waals surface area (Å²) in [6.07, 6.45) is 1.05. The molecule has 0 atom stereocenters. The van der Waals surface area contributed by atoms with Crippen molar-refractivity contribution in [1.82, 2.24) is 0 Å². The molecule has 0 spiro atoms. The number of carbonyl (C=O) groups excluding carboxylic acids is 2. The van der Waals surface area contributed by atoms with Gasteiger partial charge in [0.15, 0.2) is 11.5 Å². The van der Waals surface area contributed by atoms with Gasteiger partial charge in [0, 0.05) is 13.8 Å². The topological polar surface area (TPSA) is 89.9 Å². The normalized spacial score (nSPS) is 10.2. The van der Waals surface area contributed by atoms with Crippen molar-refractivity contribution in [2.75, 3.05) is 0 Å². The molecule has 6 nitrogen and oxygen atoms in total. The van der Waals surface area contributed by atoms with E-state index in [1.165, 1.54) is 13.0 Å². The fraction of sp³-hybridized carbons (Fsp3) is 0.211. The Bertz CT molecular complexity index is 795. The molecule has 0 heterocycles. The number of aromatic carboxylic acids is 1. The van der Waals surface area contributed by atoms with E-state index in [2.05, 4.69) is 0 Å². The van der Waals surface area contributed by atoms with Crippen LogP contribution in [-0.2, 0) is 22.4 Å². The van der Waals surface area contributed by atoms with Crippen molar-refractivity contribution in [3.05, 3.63) is 59.2 Å². The molecule has 0 aliphatic carbocycles. The van der Waals surface area contributed by atoms with Crippen LogP contribution in [0.4, 0.5) is 0 Å². The summed E-state index contributed by atoms with van der Waals surface area (Å²) in [4.78, 5) is 34.3. The van der Waals surface area contributed by atoms with Crippen LogP contribution in [-0.4, -0.2) is 23.0 Å². The zero-order chi connectivity index (χ0) is 18.4. The zero-order valence-electron chi connectivity index (χ0n) is 13.9. The summed E-state index contributed by atoms with van der Waals surface area (Å²) in [5, 5.41) is 9.58. The lowest BCUT2D eigenvalue weighted by Crippen LogP contribution is -2.13. The van der Waals surface area contributed by atoms with E-state index in [9.17, 15) is 19.5 Å². The molecule has 2 rings (SSSR count). The minimum absolute atomic E-state index is 0.0939. The molecule has 0 saturated carbocycles. The maximum absolute atomic E-state index is 11.7. The highest BCUT2D eigenvalue weighted by atomic mass is 16.6. The predicted molar refractivity (Wildman–Crippen MR) is 89.9 cm³/mol. The van der Waals surface area contributed by atoms with Crippen molar-refractivity contribution in [2.24, 2.45) is 0 Å². The number of hydrogen-bond donors (Lipinski definition) is 1. The highest BCUT2D eigenvalue weighted by Gasteiger charge is 2.23. The van der Waals surface area contributed by atoms with E-state index in [4.69, 9.17) is 9.47 Å². The Morgan fingerprint density at radius 2 is 1.52 bits per heavy atom. The van der Waals surface area contributed by atoms with E-state index in [0.29, 0.717) is 18.4 Å². The van der Waals surface area contributed by atoms with Crippen molar-refractivity contribution in [3.63, 3.8) is 0 Å².